The van der Waals surface area contributed by atoms with Gasteiger partial charge in [0.25, 0.3) is 0 Å². The Labute approximate surface area is 287 Å². The molecule has 50 heavy (non-hydrogen) atoms. The highest BCUT2D eigenvalue weighted by Crippen LogP contribution is 2.33. The fourth-order valence-electron chi connectivity index (χ4n) is 6.95. The number of para-hydroxylation sites is 1. The molecule has 0 radical (unpaired) electrons. The molecule has 5 heteroatoms. The number of rotatable bonds is 4. The SMILES string of the molecule is c1ccc2nc(-c3ccc4cc(-c5ccc6nc(-c7ccc(-c8ccnc9c8ccc8cccnc89)cc7)ccc6c5)ccc4n3)ccc2c1. The first-order chi connectivity index (χ1) is 24.7. The molecule has 5 nitrogen and oxygen atoms in total. The van der Waals surface area contributed by atoms with Gasteiger partial charge in [0, 0.05) is 44.9 Å². The van der Waals surface area contributed by atoms with E-state index in [1.54, 1.807) is 0 Å². The zero-order chi connectivity index (χ0) is 33.0. The molecule has 0 unspecified atom stereocenters. The molecular formula is C45H27N5. The minimum atomic E-state index is 0.871. The summed E-state index contributed by atoms with van der Waals surface area (Å²) in [6, 6.07) is 52.7. The summed E-state index contributed by atoms with van der Waals surface area (Å²) < 4.78 is 0. The average Bonchev–Trinajstić information content (AvgIpc) is 3.19. The zero-order valence-corrected chi connectivity index (χ0v) is 26.8. The maximum Gasteiger partial charge on any atom is 0.0970 e. The van der Waals surface area contributed by atoms with E-state index in [2.05, 4.69) is 131 Å². The van der Waals surface area contributed by atoms with Crippen molar-refractivity contribution in [1.29, 1.82) is 0 Å². The Hall–Kier alpha value is -6.85. The smallest absolute Gasteiger partial charge is 0.0970 e. The number of pyridine rings is 5. The zero-order valence-electron chi connectivity index (χ0n) is 26.8. The van der Waals surface area contributed by atoms with Crippen molar-refractivity contribution < 1.29 is 0 Å². The van der Waals surface area contributed by atoms with Crippen LogP contribution in [0.15, 0.2) is 164 Å². The van der Waals surface area contributed by atoms with Crippen LogP contribution in [0.25, 0.3) is 99.4 Å². The Morgan fingerprint density at radius 3 is 1.64 bits per heavy atom. The summed E-state index contributed by atoms with van der Waals surface area (Å²) in [5, 5.41) is 5.50. The van der Waals surface area contributed by atoms with E-state index in [0.717, 1.165) is 99.4 Å². The largest absolute Gasteiger partial charge is 0.254 e. The number of hydrogen-bond acceptors (Lipinski definition) is 5. The average molecular weight is 638 g/mol. The molecule has 0 fully saturated rings. The molecule has 0 spiro atoms. The second kappa shape index (κ2) is 11.4. The lowest BCUT2D eigenvalue weighted by molar-refractivity contribution is 1.32. The van der Waals surface area contributed by atoms with E-state index in [0.29, 0.717) is 0 Å². The summed E-state index contributed by atoms with van der Waals surface area (Å²) >= 11 is 0. The molecule has 0 amide bonds. The van der Waals surface area contributed by atoms with Crippen molar-refractivity contribution in [3.05, 3.63) is 164 Å². The minimum absolute atomic E-state index is 0.871. The fourth-order valence-corrected chi connectivity index (χ4v) is 6.95. The lowest BCUT2D eigenvalue weighted by Crippen LogP contribution is -1.90. The van der Waals surface area contributed by atoms with E-state index >= 15 is 0 Å². The molecule has 0 atom stereocenters. The Bertz CT molecular complexity index is 2930. The van der Waals surface area contributed by atoms with Crippen LogP contribution in [0.4, 0.5) is 0 Å². The molecule has 0 saturated carbocycles. The van der Waals surface area contributed by atoms with Crippen LogP contribution in [0.3, 0.4) is 0 Å². The van der Waals surface area contributed by atoms with Crippen LogP contribution in [0.1, 0.15) is 0 Å². The number of hydrogen-bond donors (Lipinski definition) is 0. The summed E-state index contributed by atoms with van der Waals surface area (Å²) in [5.41, 5.74) is 13.1. The Morgan fingerprint density at radius 2 is 0.880 bits per heavy atom. The highest BCUT2D eigenvalue weighted by molar-refractivity contribution is 6.08. The molecule has 0 aliphatic rings. The van der Waals surface area contributed by atoms with Gasteiger partial charge < -0.3 is 0 Å². The van der Waals surface area contributed by atoms with Gasteiger partial charge in [-0.15, -0.1) is 0 Å². The summed E-state index contributed by atoms with van der Waals surface area (Å²) in [5.74, 6) is 0. The molecule has 0 N–H and O–H groups in total. The van der Waals surface area contributed by atoms with Crippen LogP contribution in [0, 0.1) is 0 Å². The molecule has 10 rings (SSSR count). The van der Waals surface area contributed by atoms with Crippen molar-refractivity contribution in [3.8, 4) is 44.9 Å². The predicted octanol–water partition coefficient (Wildman–Crippen LogP) is 11.1. The van der Waals surface area contributed by atoms with E-state index < -0.39 is 0 Å². The summed E-state index contributed by atoms with van der Waals surface area (Å²) in [4.78, 5) is 24.1. The minimum Gasteiger partial charge on any atom is -0.254 e. The third-order valence-electron chi connectivity index (χ3n) is 9.55. The molecule has 0 saturated heterocycles. The molecule has 232 valence electrons. The molecular weight excluding hydrogens is 611 g/mol. The molecule has 0 aliphatic heterocycles. The van der Waals surface area contributed by atoms with E-state index in [1.165, 1.54) is 0 Å². The van der Waals surface area contributed by atoms with Crippen LogP contribution >= 0.6 is 0 Å². The van der Waals surface area contributed by atoms with Crippen LogP contribution < -0.4 is 0 Å². The maximum absolute atomic E-state index is 5.04. The molecule has 10 aromatic rings. The topological polar surface area (TPSA) is 64.5 Å². The molecule has 5 aromatic carbocycles. The van der Waals surface area contributed by atoms with Gasteiger partial charge in [0.1, 0.15) is 0 Å². The second-order valence-corrected chi connectivity index (χ2v) is 12.6. The van der Waals surface area contributed by atoms with Gasteiger partial charge in [-0.2, -0.15) is 0 Å². The fraction of sp³-hybridized carbons (Fsp3) is 0. The van der Waals surface area contributed by atoms with Crippen molar-refractivity contribution in [3.63, 3.8) is 0 Å². The number of benzene rings is 5. The van der Waals surface area contributed by atoms with Crippen LogP contribution in [-0.4, -0.2) is 24.9 Å². The number of aromatic nitrogens is 5. The van der Waals surface area contributed by atoms with Gasteiger partial charge in [-0.25, -0.2) is 15.0 Å². The first kappa shape index (κ1) is 28.2. The molecule has 5 heterocycles. The van der Waals surface area contributed by atoms with Gasteiger partial charge in [0.05, 0.1) is 44.7 Å². The first-order valence-electron chi connectivity index (χ1n) is 16.7. The van der Waals surface area contributed by atoms with Gasteiger partial charge in [0.2, 0.25) is 0 Å². The number of fused-ring (bicyclic) bond motifs is 6. The summed E-state index contributed by atoms with van der Waals surface area (Å²) in [6.07, 6.45) is 3.69. The van der Waals surface area contributed by atoms with Crippen molar-refractivity contribution >= 4 is 54.5 Å². The third-order valence-corrected chi connectivity index (χ3v) is 9.55. The molecule has 0 aliphatic carbocycles. The molecule has 5 aromatic heterocycles. The quantitative estimate of drug-likeness (QED) is 0.180. The highest BCUT2D eigenvalue weighted by atomic mass is 14.8. The van der Waals surface area contributed by atoms with Gasteiger partial charge in [-0.1, -0.05) is 91.0 Å². The van der Waals surface area contributed by atoms with Crippen LogP contribution in [-0.2, 0) is 0 Å². The Kier molecular flexibility index (Phi) is 6.42. The Balaban J connectivity index is 0.926. The van der Waals surface area contributed by atoms with Crippen molar-refractivity contribution in [2.75, 3.05) is 0 Å². The van der Waals surface area contributed by atoms with E-state index in [9.17, 15) is 0 Å². The van der Waals surface area contributed by atoms with Crippen molar-refractivity contribution in [2.45, 2.75) is 0 Å². The van der Waals surface area contributed by atoms with Crippen molar-refractivity contribution in [1.82, 2.24) is 24.9 Å². The monoisotopic (exact) mass is 637 g/mol. The maximum atomic E-state index is 5.04. The summed E-state index contributed by atoms with van der Waals surface area (Å²) in [7, 11) is 0. The lowest BCUT2D eigenvalue weighted by Gasteiger charge is -2.10. The van der Waals surface area contributed by atoms with Gasteiger partial charge in [0.15, 0.2) is 0 Å². The second-order valence-electron chi connectivity index (χ2n) is 12.6. The third kappa shape index (κ3) is 4.83. The predicted molar refractivity (Wildman–Crippen MR) is 205 cm³/mol. The standard InChI is InChI=1S/C45H27N5/c1-2-6-38-29(4-1)12-21-42(49-38)43-22-16-35-27-33(14-19-41(35)50-43)32-13-18-40-34(26-32)15-20-39(48-40)30-9-7-28(8-10-30)36-23-25-47-45-37(36)17-11-31-5-3-24-46-44(31)45/h1-27H. The highest BCUT2D eigenvalue weighted by Gasteiger charge is 2.11. The lowest BCUT2D eigenvalue weighted by atomic mass is 9.98. The van der Waals surface area contributed by atoms with E-state index in [1.807, 2.05) is 42.7 Å². The summed E-state index contributed by atoms with van der Waals surface area (Å²) in [6.45, 7) is 0. The Morgan fingerprint density at radius 1 is 0.320 bits per heavy atom. The first-order valence-corrected chi connectivity index (χ1v) is 16.7. The van der Waals surface area contributed by atoms with Crippen LogP contribution in [0.5, 0.6) is 0 Å². The molecule has 0 bridgehead atoms. The van der Waals surface area contributed by atoms with E-state index in [4.69, 9.17) is 15.0 Å². The van der Waals surface area contributed by atoms with Crippen molar-refractivity contribution in [2.24, 2.45) is 0 Å². The van der Waals surface area contributed by atoms with Gasteiger partial charge in [-0.05, 0) is 82.9 Å². The van der Waals surface area contributed by atoms with E-state index in [-0.39, 0.29) is 0 Å². The normalized spacial score (nSPS) is 11.6. The van der Waals surface area contributed by atoms with Gasteiger partial charge >= 0.3 is 0 Å². The van der Waals surface area contributed by atoms with Gasteiger partial charge in [-0.3, -0.25) is 9.97 Å². The van der Waals surface area contributed by atoms with Crippen LogP contribution in [0.2, 0.25) is 0 Å². The number of nitrogens with zero attached hydrogens (tertiary/aromatic N) is 5.